The molecule has 0 radical (unpaired) electrons. The maximum absolute atomic E-state index is 13.4. The van der Waals surface area contributed by atoms with E-state index < -0.39 is 23.6 Å². The van der Waals surface area contributed by atoms with E-state index >= 15 is 0 Å². The molecular formula is C23H33N3O5. The highest BCUT2D eigenvalue weighted by Gasteiger charge is 2.45. The third-order valence-corrected chi connectivity index (χ3v) is 5.64. The number of ether oxygens (including phenoxy) is 1. The number of phenols is 1. The molecule has 2 aliphatic heterocycles. The third kappa shape index (κ3) is 5.29. The Hall–Kier alpha value is -2.77. The Balaban J connectivity index is 1.77. The van der Waals surface area contributed by atoms with Crippen LogP contribution >= 0.6 is 0 Å². The minimum absolute atomic E-state index is 0.0636. The lowest BCUT2D eigenvalue weighted by Gasteiger charge is -2.27. The largest absolute Gasteiger partial charge is 0.508 e. The molecule has 0 unspecified atom stereocenters. The van der Waals surface area contributed by atoms with Crippen LogP contribution in [0.3, 0.4) is 0 Å². The molecule has 170 valence electrons. The van der Waals surface area contributed by atoms with Crippen molar-refractivity contribution in [2.24, 2.45) is 5.41 Å². The summed E-state index contributed by atoms with van der Waals surface area (Å²) in [6.07, 6.45) is 0.526. The number of fused-ring (bicyclic) bond motifs is 3. The first-order valence-corrected chi connectivity index (χ1v) is 10.6. The monoisotopic (exact) mass is 431 g/mol. The van der Waals surface area contributed by atoms with Crippen LogP contribution in [0.25, 0.3) is 0 Å². The number of rotatable bonds is 3. The fourth-order valence-corrected chi connectivity index (χ4v) is 4.34. The zero-order valence-corrected chi connectivity index (χ0v) is 19.2. The first-order chi connectivity index (χ1) is 14.3. The molecule has 0 bridgehead atoms. The lowest BCUT2D eigenvalue weighted by molar-refractivity contribution is -0.137. The fraction of sp³-hybridized carbons (Fsp3) is 0.609. The summed E-state index contributed by atoms with van der Waals surface area (Å²) in [6, 6.07) is 4.28. The number of aromatic hydroxyl groups is 1. The first kappa shape index (κ1) is 22.9. The van der Waals surface area contributed by atoms with E-state index in [-0.39, 0.29) is 29.7 Å². The Morgan fingerprint density at radius 2 is 2.00 bits per heavy atom. The van der Waals surface area contributed by atoms with Crippen molar-refractivity contribution in [3.8, 4) is 5.75 Å². The Labute approximate surface area is 183 Å². The molecule has 0 spiro atoms. The molecule has 1 fully saturated rings. The number of likely N-dealkylation sites (N-methyl/N-ethyl adjacent to an activating group) is 1. The number of benzene rings is 1. The van der Waals surface area contributed by atoms with Crippen molar-refractivity contribution in [1.29, 1.82) is 0 Å². The smallest absolute Gasteiger partial charge is 0.410 e. The molecule has 1 aromatic carbocycles. The molecule has 1 aromatic rings. The molecule has 3 amide bonds. The van der Waals surface area contributed by atoms with E-state index in [0.717, 1.165) is 17.5 Å². The predicted octanol–water partition coefficient (Wildman–Crippen LogP) is 2.60. The second-order valence-electron chi connectivity index (χ2n) is 10.4. The molecule has 0 aliphatic carbocycles. The molecule has 2 heterocycles. The second kappa shape index (κ2) is 8.05. The average molecular weight is 432 g/mol. The van der Waals surface area contributed by atoms with Gasteiger partial charge in [-0.3, -0.25) is 9.59 Å². The highest BCUT2D eigenvalue weighted by molar-refractivity contribution is 5.90. The number of hydrogen-bond donors (Lipinski definition) is 2. The first-order valence-electron chi connectivity index (χ1n) is 10.6. The Morgan fingerprint density at radius 3 is 2.65 bits per heavy atom. The minimum Gasteiger partial charge on any atom is -0.508 e. The van der Waals surface area contributed by atoms with E-state index in [1.54, 1.807) is 32.9 Å². The van der Waals surface area contributed by atoms with Gasteiger partial charge in [0.05, 0.1) is 6.04 Å². The van der Waals surface area contributed by atoms with Gasteiger partial charge < -0.3 is 25.0 Å². The van der Waals surface area contributed by atoms with Crippen molar-refractivity contribution in [1.82, 2.24) is 15.1 Å². The highest BCUT2D eigenvalue weighted by Crippen LogP contribution is 2.46. The molecule has 2 N–H and O–H groups in total. The van der Waals surface area contributed by atoms with Crippen LogP contribution < -0.4 is 5.32 Å². The van der Waals surface area contributed by atoms with Crippen molar-refractivity contribution >= 4 is 17.9 Å². The van der Waals surface area contributed by atoms with Gasteiger partial charge in [0.15, 0.2) is 0 Å². The van der Waals surface area contributed by atoms with Crippen LogP contribution in [0.4, 0.5) is 4.79 Å². The molecule has 1 saturated heterocycles. The number of nitrogens with zero attached hydrogens (tertiary/aromatic N) is 2. The van der Waals surface area contributed by atoms with Gasteiger partial charge in [0.1, 0.15) is 23.9 Å². The number of carbonyl (C=O) groups excluding carboxylic acids is 3. The van der Waals surface area contributed by atoms with Crippen molar-refractivity contribution in [3.05, 3.63) is 29.3 Å². The van der Waals surface area contributed by atoms with E-state index in [0.29, 0.717) is 13.0 Å². The number of carbonyl (C=O) groups is 3. The predicted molar refractivity (Wildman–Crippen MR) is 115 cm³/mol. The Kier molecular flexibility index (Phi) is 5.95. The standard InChI is InChI=1S/C23H33N3O5/c1-22(2,3)31-21(30)25(6)12-19(28)24-17-9-14-7-8-15(27)10-16(14)18-11-23(4,5)13-26(18)20(17)29/h7-8,10,17-18,27H,9,11-13H2,1-6H3,(H,24,28)/t17-,18+/m0/s1. The van der Waals surface area contributed by atoms with Gasteiger partial charge in [-0.25, -0.2) is 4.79 Å². The minimum atomic E-state index is -0.735. The van der Waals surface area contributed by atoms with Crippen LogP contribution in [0.2, 0.25) is 0 Å². The van der Waals surface area contributed by atoms with Crippen molar-refractivity contribution in [2.75, 3.05) is 20.1 Å². The van der Waals surface area contributed by atoms with Gasteiger partial charge in [-0.05, 0) is 55.9 Å². The van der Waals surface area contributed by atoms with E-state index in [9.17, 15) is 19.5 Å². The maximum atomic E-state index is 13.4. The molecule has 2 atom stereocenters. The second-order valence-corrected chi connectivity index (χ2v) is 10.4. The highest BCUT2D eigenvalue weighted by atomic mass is 16.6. The summed E-state index contributed by atoms with van der Waals surface area (Å²) in [5, 5.41) is 12.8. The van der Waals surface area contributed by atoms with Crippen LogP contribution in [0.5, 0.6) is 5.75 Å². The lowest BCUT2D eigenvalue weighted by Crippen LogP contribution is -2.51. The van der Waals surface area contributed by atoms with Crippen LogP contribution in [0.15, 0.2) is 18.2 Å². The fourth-order valence-electron chi connectivity index (χ4n) is 4.34. The van der Waals surface area contributed by atoms with E-state index in [2.05, 4.69) is 19.2 Å². The average Bonchev–Trinajstić information content (AvgIpc) is 2.91. The zero-order valence-electron chi connectivity index (χ0n) is 19.2. The zero-order chi connectivity index (χ0) is 23.1. The number of hydrogen-bond acceptors (Lipinski definition) is 5. The van der Waals surface area contributed by atoms with Gasteiger partial charge >= 0.3 is 6.09 Å². The lowest BCUT2D eigenvalue weighted by atomic mass is 9.86. The van der Waals surface area contributed by atoms with E-state index in [1.165, 1.54) is 11.9 Å². The third-order valence-electron chi connectivity index (χ3n) is 5.64. The molecule has 2 aliphatic rings. The number of phenolic OH excluding ortho intramolecular Hbond substituents is 1. The van der Waals surface area contributed by atoms with Gasteiger partial charge in [0.2, 0.25) is 11.8 Å². The quantitative estimate of drug-likeness (QED) is 0.766. The summed E-state index contributed by atoms with van der Waals surface area (Å²) in [5.41, 5.74) is 1.14. The normalized spacial score (nSPS) is 22.3. The van der Waals surface area contributed by atoms with Crippen LogP contribution in [-0.2, 0) is 20.7 Å². The Bertz CT molecular complexity index is 890. The molecule has 0 aromatic heterocycles. The van der Waals surface area contributed by atoms with E-state index in [1.807, 2.05) is 11.0 Å². The summed E-state index contributed by atoms with van der Waals surface area (Å²) in [4.78, 5) is 41.2. The topological polar surface area (TPSA) is 99.2 Å². The van der Waals surface area contributed by atoms with Crippen LogP contribution in [0, 0.1) is 5.41 Å². The molecule has 8 heteroatoms. The number of amides is 3. The van der Waals surface area contributed by atoms with Gasteiger partial charge in [-0.2, -0.15) is 0 Å². The van der Waals surface area contributed by atoms with Gasteiger partial charge in [-0.15, -0.1) is 0 Å². The van der Waals surface area contributed by atoms with Crippen molar-refractivity contribution in [2.45, 2.75) is 65.1 Å². The van der Waals surface area contributed by atoms with Gasteiger partial charge in [0, 0.05) is 20.0 Å². The molecule has 31 heavy (non-hydrogen) atoms. The van der Waals surface area contributed by atoms with Crippen LogP contribution in [0.1, 0.15) is 58.2 Å². The molecule has 0 saturated carbocycles. The van der Waals surface area contributed by atoms with Crippen molar-refractivity contribution < 1.29 is 24.2 Å². The van der Waals surface area contributed by atoms with E-state index in [4.69, 9.17) is 4.74 Å². The summed E-state index contributed by atoms with van der Waals surface area (Å²) in [5.74, 6) is -0.402. The van der Waals surface area contributed by atoms with Crippen LogP contribution in [-0.4, -0.2) is 64.6 Å². The number of nitrogens with one attached hydrogen (secondary N) is 1. The Morgan fingerprint density at radius 1 is 1.32 bits per heavy atom. The summed E-state index contributed by atoms with van der Waals surface area (Å²) < 4.78 is 5.28. The molecule has 8 nitrogen and oxygen atoms in total. The summed E-state index contributed by atoms with van der Waals surface area (Å²) >= 11 is 0. The summed E-state index contributed by atoms with van der Waals surface area (Å²) in [6.45, 7) is 9.86. The summed E-state index contributed by atoms with van der Waals surface area (Å²) in [7, 11) is 1.49. The van der Waals surface area contributed by atoms with Gasteiger partial charge in [-0.1, -0.05) is 19.9 Å². The molecule has 3 rings (SSSR count). The van der Waals surface area contributed by atoms with Gasteiger partial charge in [0.25, 0.3) is 0 Å². The SMILES string of the molecule is CN(CC(=O)N[C@H]1Cc2ccc(O)cc2[C@H]2CC(C)(C)CN2C1=O)C(=O)OC(C)(C)C. The van der Waals surface area contributed by atoms with Crippen molar-refractivity contribution in [3.63, 3.8) is 0 Å². The maximum Gasteiger partial charge on any atom is 0.410 e. The molecular weight excluding hydrogens is 398 g/mol.